The van der Waals surface area contributed by atoms with E-state index in [0.29, 0.717) is 12.6 Å². The van der Waals surface area contributed by atoms with E-state index >= 15 is 0 Å². The lowest BCUT2D eigenvalue weighted by Gasteiger charge is -2.30. The summed E-state index contributed by atoms with van der Waals surface area (Å²) in [5.41, 5.74) is 0.814. The van der Waals surface area contributed by atoms with Crippen LogP contribution in [-0.2, 0) is 6.54 Å². The van der Waals surface area contributed by atoms with E-state index in [1.807, 2.05) is 0 Å². The van der Waals surface area contributed by atoms with E-state index in [-0.39, 0.29) is 6.61 Å². The van der Waals surface area contributed by atoms with Gasteiger partial charge in [0.25, 0.3) is 0 Å². The van der Waals surface area contributed by atoms with Gasteiger partial charge in [0.2, 0.25) is 0 Å². The first-order valence-electron chi connectivity index (χ1n) is 6.41. The van der Waals surface area contributed by atoms with Gasteiger partial charge in [0.05, 0.1) is 0 Å². The number of hydrogen-bond donors (Lipinski definition) is 3. The maximum absolute atomic E-state index is 13.1. The highest BCUT2D eigenvalue weighted by Crippen LogP contribution is 2.07. The second-order valence-electron chi connectivity index (χ2n) is 4.86. The quantitative estimate of drug-likeness (QED) is 0.616. The fourth-order valence-corrected chi connectivity index (χ4v) is 2.60. The highest BCUT2D eigenvalue weighted by Gasteiger charge is 2.28. The third kappa shape index (κ3) is 3.25. The van der Waals surface area contributed by atoms with Crippen molar-refractivity contribution < 1.29 is 24.1 Å². The van der Waals surface area contributed by atoms with Crippen LogP contribution >= 0.6 is 0 Å². The molecule has 0 radical (unpaired) electrons. The van der Waals surface area contributed by atoms with Crippen LogP contribution in [0.1, 0.15) is 12.0 Å². The van der Waals surface area contributed by atoms with Crippen LogP contribution in [0, 0.1) is 11.6 Å². The Morgan fingerprint density at radius 3 is 2.89 bits per heavy atom. The van der Waals surface area contributed by atoms with Crippen LogP contribution in [0.3, 0.4) is 0 Å². The Morgan fingerprint density at radius 1 is 1.33 bits per heavy atom. The fraction of sp³-hybridized carbons (Fsp3) is 0.538. The predicted octanol–water partition coefficient (Wildman–Crippen LogP) is -1.32. The molecule has 0 amide bonds. The molecule has 0 spiro atoms. The first kappa shape index (κ1) is 13.4. The standard InChI is InChI=1S/C13H18F2N2O/c14-12-2-1-10(7-13(12)15)9-17-5-4-16-8-11(17)3-6-18/h1-2,7,11,16,18H,3-6,8-9H2/p+2/t11-/m1/s1. The van der Waals surface area contributed by atoms with Gasteiger partial charge in [0.1, 0.15) is 32.2 Å². The van der Waals surface area contributed by atoms with Gasteiger partial charge in [-0.2, -0.15) is 0 Å². The zero-order valence-electron chi connectivity index (χ0n) is 10.3. The predicted molar refractivity (Wildman–Crippen MR) is 63.0 cm³/mol. The summed E-state index contributed by atoms with van der Waals surface area (Å²) in [4.78, 5) is 1.34. The van der Waals surface area contributed by atoms with Crippen molar-refractivity contribution in [3.8, 4) is 0 Å². The van der Waals surface area contributed by atoms with Crippen LogP contribution in [0.25, 0.3) is 0 Å². The summed E-state index contributed by atoms with van der Waals surface area (Å²) in [6, 6.07) is 4.48. The van der Waals surface area contributed by atoms with E-state index in [4.69, 9.17) is 5.11 Å². The minimum Gasteiger partial charge on any atom is -0.396 e. The number of hydrogen-bond acceptors (Lipinski definition) is 1. The Bertz CT molecular complexity index is 399. The molecule has 100 valence electrons. The van der Waals surface area contributed by atoms with E-state index in [2.05, 4.69) is 5.32 Å². The molecule has 1 aliphatic rings. The van der Waals surface area contributed by atoms with Crippen molar-refractivity contribution in [2.75, 3.05) is 26.2 Å². The van der Waals surface area contributed by atoms with Crippen molar-refractivity contribution in [1.29, 1.82) is 0 Å². The Balaban J connectivity index is 2.03. The Morgan fingerprint density at radius 2 is 2.17 bits per heavy atom. The number of halogens is 2. The van der Waals surface area contributed by atoms with Gasteiger partial charge in [-0.15, -0.1) is 0 Å². The van der Waals surface area contributed by atoms with Gasteiger partial charge in [-0.3, -0.25) is 0 Å². The number of quaternary nitrogens is 2. The highest BCUT2D eigenvalue weighted by molar-refractivity contribution is 5.16. The lowest BCUT2D eigenvalue weighted by atomic mass is 10.1. The lowest BCUT2D eigenvalue weighted by Crippen LogP contribution is -3.23. The average Bonchev–Trinajstić information content (AvgIpc) is 2.37. The summed E-state index contributed by atoms with van der Waals surface area (Å²) in [6.45, 7) is 3.89. The minimum absolute atomic E-state index is 0.180. The van der Waals surface area contributed by atoms with Crippen molar-refractivity contribution in [2.24, 2.45) is 0 Å². The molecule has 1 aromatic carbocycles. The second kappa shape index (κ2) is 6.22. The molecular weight excluding hydrogens is 238 g/mol. The summed E-state index contributed by atoms with van der Waals surface area (Å²) in [6.07, 6.45) is 0.759. The van der Waals surface area contributed by atoms with Crippen LogP contribution in [-0.4, -0.2) is 37.4 Å². The molecule has 18 heavy (non-hydrogen) atoms. The van der Waals surface area contributed by atoms with E-state index in [0.717, 1.165) is 31.6 Å². The van der Waals surface area contributed by atoms with Gasteiger partial charge in [-0.05, 0) is 12.1 Å². The summed E-state index contributed by atoms with van der Waals surface area (Å²) in [7, 11) is 0. The first-order valence-corrected chi connectivity index (χ1v) is 6.41. The van der Waals surface area contributed by atoms with Crippen molar-refractivity contribution in [2.45, 2.75) is 19.0 Å². The average molecular weight is 258 g/mol. The van der Waals surface area contributed by atoms with E-state index in [1.165, 1.54) is 17.0 Å². The van der Waals surface area contributed by atoms with Crippen molar-refractivity contribution in [3.63, 3.8) is 0 Å². The van der Waals surface area contributed by atoms with Gasteiger partial charge >= 0.3 is 0 Å². The zero-order valence-corrected chi connectivity index (χ0v) is 10.3. The van der Waals surface area contributed by atoms with E-state index in [9.17, 15) is 8.78 Å². The molecule has 0 aliphatic carbocycles. The van der Waals surface area contributed by atoms with E-state index < -0.39 is 11.6 Å². The van der Waals surface area contributed by atoms with Crippen molar-refractivity contribution in [1.82, 2.24) is 0 Å². The molecule has 3 nitrogen and oxygen atoms in total. The monoisotopic (exact) mass is 258 g/mol. The van der Waals surface area contributed by atoms with Crippen LogP contribution in [0.5, 0.6) is 0 Å². The molecule has 0 aromatic heterocycles. The molecule has 0 bridgehead atoms. The molecule has 1 heterocycles. The van der Waals surface area contributed by atoms with Gasteiger partial charge in [0.15, 0.2) is 11.6 Å². The number of benzene rings is 1. The van der Waals surface area contributed by atoms with Crippen LogP contribution in [0.4, 0.5) is 8.78 Å². The molecule has 1 aliphatic heterocycles. The minimum atomic E-state index is -0.798. The summed E-state index contributed by atoms with van der Waals surface area (Å²) in [5, 5.41) is 11.3. The largest absolute Gasteiger partial charge is 0.396 e. The van der Waals surface area contributed by atoms with Gasteiger partial charge in [-0.25, -0.2) is 8.78 Å². The van der Waals surface area contributed by atoms with E-state index in [1.54, 1.807) is 6.07 Å². The summed E-state index contributed by atoms with van der Waals surface area (Å²) in [5.74, 6) is -1.58. The number of nitrogens with two attached hydrogens (primary N) is 1. The molecule has 1 unspecified atom stereocenters. The number of piperazine rings is 1. The number of aliphatic hydroxyl groups excluding tert-OH is 1. The molecule has 5 heteroatoms. The Kier molecular flexibility index (Phi) is 4.63. The van der Waals surface area contributed by atoms with Crippen molar-refractivity contribution in [3.05, 3.63) is 35.4 Å². The maximum Gasteiger partial charge on any atom is 0.159 e. The Labute approximate surface area is 105 Å². The van der Waals surface area contributed by atoms with Gasteiger partial charge < -0.3 is 15.3 Å². The molecule has 2 rings (SSSR count). The normalized spacial score (nSPS) is 24.2. The summed E-state index contributed by atoms with van der Waals surface area (Å²) >= 11 is 0. The molecule has 2 atom stereocenters. The molecule has 0 saturated carbocycles. The molecule has 1 saturated heterocycles. The highest BCUT2D eigenvalue weighted by atomic mass is 19.2. The third-order valence-electron chi connectivity index (χ3n) is 3.59. The Hall–Kier alpha value is -1.04. The second-order valence-corrected chi connectivity index (χ2v) is 4.86. The SMILES string of the molecule is OCC[C@@H]1C[NH2+]CC[NH+]1Cc1ccc(F)c(F)c1. The topological polar surface area (TPSA) is 41.3 Å². The molecule has 4 N–H and O–H groups in total. The van der Waals surface area contributed by atoms with Crippen LogP contribution in [0.2, 0.25) is 0 Å². The molecule has 1 aromatic rings. The number of nitrogens with one attached hydrogen (secondary N) is 1. The zero-order chi connectivity index (χ0) is 13.0. The van der Waals surface area contributed by atoms with Gasteiger partial charge in [0, 0.05) is 18.6 Å². The van der Waals surface area contributed by atoms with Gasteiger partial charge in [-0.1, -0.05) is 6.07 Å². The van der Waals surface area contributed by atoms with Crippen LogP contribution in [0.15, 0.2) is 18.2 Å². The smallest absolute Gasteiger partial charge is 0.159 e. The van der Waals surface area contributed by atoms with Crippen molar-refractivity contribution >= 4 is 0 Å². The van der Waals surface area contributed by atoms with Crippen LogP contribution < -0.4 is 10.2 Å². The maximum atomic E-state index is 13.1. The molecular formula is C13H20F2N2O+2. The number of rotatable bonds is 4. The number of aliphatic hydroxyl groups is 1. The summed E-state index contributed by atoms with van der Waals surface area (Å²) < 4.78 is 26.0. The lowest BCUT2D eigenvalue weighted by molar-refractivity contribution is -0.982. The fourth-order valence-electron chi connectivity index (χ4n) is 2.60. The first-order chi connectivity index (χ1) is 8.70. The molecule has 1 fully saturated rings. The third-order valence-corrected chi connectivity index (χ3v) is 3.59.